The molecule has 5 heteroatoms. The van der Waals surface area contributed by atoms with E-state index in [-0.39, 0.29) is 12.1 Å². The summed E-state index contributed by atoms with van der Waals surface area (Å²) < 4.78 is 39.4. The monoisotopic (exact) mass is 311 g/mol. The van der Waals surface area contributed by atoms with E-state index in [9.17, 15) is 13.2 Å². The van der Waals surface area contributed by atoms with Crippen molar-refractivity contribution in [2.75, 3.05) is 7.05 Å². The molecule has 0 saturated carbocycles. The number of benzene rings is 2. The van der Waals surface area contributed by atoms with E-state index in [1.54, 1.807) is 13.1 Å². The molecule has 0 atom stereocenters. The van der Waals surface area contributed by atoms with Crippen molar-refractivity contribution in [1.29, 1.82) is 0 Å². The average molecular weight is 311 g/mol. The van der Waals surface area contributed by atoms with Gasteiger partial charge in [-0.05, 0) is 43.8 Å². The van der Waals surface area contributed by atoms with Crippen molar-refractivity contribution in [2.45, 2.75) is 29.4 Å². The van der Waals surface area contributed by atoms with Crippen molar-refractivity contribution in [1.82, 2.24) is 5.32 Å². The maximum atomic E-state index is 13.1. The molecule has 21 heavy (non-hydrogen) atoms. The van der Waals surface area contributed by atoms with E-state index < -0.39 is 11.7 Å². The van der Waals surface area contributed by atoms with E-state index >= 15 is 0 Å². The van der Waals surface area contributed by atoms with E-state index in [1.807, 2.05) is 31.2 Å². The molecule has 2 aromatic carbocycles. The molecule has 0 saturated heterocycles. The average Bonchev–Trinajstić information content (AvgIpc) is 2.39. The van der Waals surface area contributed by atoms with Crippen LogP contribution in [0.3, 0.4) is 0 Å². The number of aryl methyl sites for hydroxylation is 1. The van der Waals surface area contributed by atoms with Crippen LogP contribution in [0.1, 0.15) is 16.7 Å². The lowest BCUT2D eigenvalue weighted by atomic mass is 10.1. The molecular formula is C16H16F3NS. The van der Waals surface area contributed by atoms with E-state index in [2.05, 4.69) is 5.32 Å². The summed E-state index contributed by atoms with van der Waals surface area (Å²) in [6, 6.07) is 12.2. The highest BCUT2D eigenvalue weighted by molar-refractivity contribution is 7.99. The lowest BCUT2D eigenvalue weighted by Crippen LogP contribution is -2.14. The summed E-state index contributed by atoms with van der Waals surface area (Å²) in [6.45, 7) is 2.16. The molecule has 0 amide bonds. The van der Waals surface area contributed by atoms with Gasteiger partial charge in [0.1, 0.15) is 0 Å². The van der Waals surface area contributed by atoms with E-state index in [4.69, 9.17) is 0 Å². The molecule has 2 aromatic rings. The molecule has 0 heterocycles. The minimum atomic E-state index is -4.34. The molecule has 0 radical (unpaired) electrons. The fourth-order valence-electron chi connectivity index (χ4n) is 2.04. The highest BCUT2D eigenvalue weighted by atomic mass is 32.2. The highest BCUT2D eigenvalue weighted by Crippen LogP contribution is 2.36. The summed E-state index contributed by atoms with van der Waals surface area (Å²) in [7, 11) is 1.63. The van der Waals surface area contributed by atoms with Gasteiger partial charge in [0.05, 0.1) is 5.56 Å². The summed E-state index contributed by atoms with van der Waals surface area (Å²) in [5.74, 6) is 0. The minimum Gasteiger partial charge on any atom is -0.316 e. The maximum Gasteiger partial charge on any atom is 0.416 e. The van der Waals surface area contributed by atoms with Crippen LogP contribution in [0.2, 0.25) is 0 Å². The van der Waals surface area contributed by atoms with Gasteiger partial charge in [-0.25, -0.2) is 0 Å². The SMILES string of the molecule is CNCc1ccc(Sc2cccc(C)c2)cc1C(F)(F)F. The molecule has 0 fully saturated rings. The topological polar surface area (TPSA) is 12.0 Å². The molecule has 0 bridgehead atoms. The first-order valence-corrected chi connectivity index (χ1v) is 7.31. The van der Waals surface area contributed by atoms with Crippen LogP contribution in [-0.4, -0.2) is 7.05 Å². The Morgan fingerprint density at radius 3 is 2.38 bits per heavy atom. The van der Waals surface area contributed by atoms with Crippen LogP contribution in [0, 0.1) is 6.92 Å². The standard InChI is InChI=1S/C16H16F3NS/c1-11-4-3-5-13(8-11)21-14-7-6-12(10-20-2)15(9-14)16(17,18)19/h3-9,20H,10H2,1-2H3. The Morgan fingerprint density at radius 1 is 1.05 bits per heavy atom. The lowest BCUT2D eigenvalue weighted by molar-refractivity contribution is -0.138. The van der Waals surface area contributed by atoms with Gasteiger partial charge in [-0.2, -0.15) is 13.2 Å². The quantitative estimate of drug-likeness (QED) is 0.863. The van der Waals surface area contributed by atoms with Crippen molar-refractivity contribution in [3.05, 3.63) is 59.2 Å². The van der Waals surface area contributed by atoms with Gasteiger partial charge >= 0.3 is 6.18 Å². The van der Waals surface area contributed by atoms with Gasteiger partial charge < -0.3 is 5.32 Å². The normalized spacial score (nSPS) is 11.7. The van der Waals surface area contributed by atoms with Gasteiger partial charge in [-0.3, -0.25) is 0 Å². The summed E-state index contributed by atoms with van der Waals surface area (Å²) in [5.41, 5.74) is 0.774. The Labute approximate surface area is 126 Å². The molecule has 0 aromatic heterocycles. The van der Waals surface area contributed by atoms with Crippen LogP contribution in [-0.2, 0) is 12.7 Å². The highest BCUT2D eigenvalue weighted by Gasteiger charge is 2.33. The smallest absolute Gasteiger partial charge is 0.316 e. The molecule has 2 rings (SSSR count). The van der Waals surface area contributed by atoms with Crippen LogP contribution in [0.15, 0.2) is 52.3 Å². The molecule has 112 valence electrons. The number of alkyl halides is 3. The molecule has 0 unspecified atom stereocenters. The largest absolute Gasteiger partial charge is 0.416 e. The first-order chi connectivity index (χ1) is 9.90. The predicted molar refractivity (Wildman–Crippen MR) is 79.5 cm³/mol. The molecule has 0 aliphatic heterocycles. The fourth-order valence-corrected chi connectivity index (χ4v) is 3.02. The summed E-state index contributed by atoms with van der Waals surface area (Å²) >= 11 is 1.34. The predicted octanol–water partition coefficient (Wildman–Crippen LogP) is 4.88. The summed E-state index contributed by atoms with van der Waals surface area (Å²) in [4.78, 5) is 1.53. The zero-order valence-electron chi connectivity index (χ0n) is 11.8. The Bertz CT molecular complexity index is 623. The van der Waals surface area contributed by atoms with E-state index in [0.717, 1.165) is 10.5 Å². The van der Waals surface area contributed by atoms with Crippen LogP contribution in [0.5, 0.6) is 0 Å². The second kappa shape index (κ2) is 6.54. The van der Waals surface area contributed by atoms with Crippen molar-refractivity contribution in [3.8, 4) is 0 Å². The Morgan fingerprint density at radius 2 is 1.76 bits per heavy atom. The summed E-state index contributed by atoms with van der Waals surface area (Å²) in [5, 5.41) is 2.77. The molecular weight excluding hydrogens is 295 g/mol. The number of hydrogen-bond acceptors (Lipinski definition) is 2. The third-order valence-electron chi connectivity index (χ3n) is 2.98. The van der Waals surface area contributed by atoms with Crippen molar-refractivity contribution in [2.24, 2.45) is 0 Å². The number of hydrogen-bond donors (Lipinski definition) is 1. The van der Waals surface area contributed by atoms with Gasteiger partial charge in [0.25, 0.3) is 0 Å². The van der Waals surface area contributed by atoms with Crippen molar-refractivity contribution >= 4 is 11.8 Å². The molecule has 0 aliphatic rings. The number of halogens is 3. The van der Waals surface area contributed by atoms with Gasteiger partial charge in [0.2, 0.25) is 0 Å². The Kier molecular flexibility index (Phi) is 4.96. The zero-order valence-corrected chi connectivity index (χ0v) is 12.6. The van der Waals surface area contributed by atoms with Gasteiger partial charge in [-0.1, -0.05) is 35.5 Å². The van der Waals surface area contributed by atoms with Crippen molar-refractivity contribution in [3.63, 3.8) is 0 Å². The van der Waals surface area contributed by atoms with Crippen LogP contribution < -0.4 is 5.32 Å². The third-order valence-corrected chi connectivity index (χ3v) is 3.96. The fraction of sp³-hybridized carbons (Fsp3) is 0.250. The van der Waals surface area contributed by atoms with Gasteiger partial charge in [0, 0.05) is 16.3 Å². The van der Waals surface area contributed by atoms with E-state index in [1.165, 1.54) is 23.9 Å². The molecule has 0 spiro atoms. The van der Waals surface area contributed by atoms with Crippen LogP contribution in [0.4, 0.5) is 13.2 Å². The first kappa shape index (κ1) is 15.9. The van der Waals surface area contributed by atoms with Gasteiger partial charge in [0.15, 0.2) is 0 Å². The maximum absolute atomic E-state index is 13.1. The number of nitrogens with one attached hydrogen (secondary N) is 1. The van der Waals surface area contributed by atoms with Crippen LogP contribution >= 0.6 is 11.8 Å². The second-order valence-corrected chi connectivity index (χ2v) is 5.91. The second-order valence-electron chi connectivity index (χ2n) is 4.77. The Balaban J connectivity index is 2.33. The molecule has 1 nitrogen and oxygen atoms in total. The summed E-state index contributed by atoms with van der Waals surface area (Å²) in [6.07, 6.45) is -4.34. The third kappa shape index (κ3) is 4.25. The van der Waals surface area contributed by atoms with E-state index in [0.29, 0.717) is 4.90 Å². The molecule has 1 N–H and O–H groups in total. The lowest BCUT2D eigenvalue weighted by Gasteiger charge is -2.14. The van der Waals surface area contributed by atoms with Gasteiger partial charge in [-0.15, -0.1) is 0 Å². The Hall–Kier alpha value is -1.46. The van der Waals surface area contributed by atoms with Crippen LogP contribution in [0.25, 0.3) is 0 Å². The molecule has 0 aliphatic carbocycles. The number of rotatable bonds is 4. The first-order valence-electron chi connectivity index (χ1n) is 6.49. The van der Waals surface area contributed by atoms with Crippen molar-refractivity contribution < 1.29 is 13.2 Å². The zero-order chi connectivity index (χ0) is 15.5. The minimum absolute atomic E-state index is 0.199.